The molecule has 0 spiro atoms. The van der Waals surface area contributed by atoms with Crippen molar-refractivity contribution < 1.29 is 27.3 Å². The Bertz CT molecular complexity index is 1290. The van der Waals surface area contributed by atoms with E-state index in [1.165, 1.54) is 26.3 Å². The molecule has 1 amide bonds. The quantitative estimate of drug-likeness (QED) is 0.503. The number of furan rings is 1. The highest BCUT2D eigenvalue weighted by atomic mass is 32.2. The Labute approximate surface area is 205 Å². The molecule has 1 aromatic heterocycles. The van der Waals surface area contributed by atoms with Gasteiger partial charge in [-0.1, -0.05) is 0 Å². The van der Waals surface area contributed by atoms with Gasteiger partial charge in [0.2, 0.25) is 0 Å². The minimum atomic E-state index is -1.33. The summed E-state index contributed by atoms with van der Waals surface area (Å²) < 4.78 is 38.7. The Morgan fingerprint density at radius 3 is 2.57 bits per heavy atom. The summed E-state index contributed by atoms with van der Waals surface area (Å²) in [5.74, 6) is -1.13. The van der Waals surface area contributed by atoms with Gasteiger partial charge >= 0.3 is 5.97 Å². The number of halogens is 1. The van der Waals surface area contributed by atoms with E-state index in [-0.39, 0.29) is 23.7 Å². The number of ether oxygens (including phenoxy) is 1. The highest BCUT2D eigenvalue weighted by molar-refractivity contribution is 7.85. The predicted octanol–water partition coefficient (Wildman–Crippen LogP) is 3.19. The number of esters is 1. The van der Waals surface area contributed by atoms with E-state index in [9.17, 15) is 18.2 Å². The summed E-state index contributed by atoms with van der Waals surface area (Å²) in [5, 5.41) is 6.53. The lowest BCUT2D eigenvalue weighted by Crippen LogP contribution is -2.39. The van der Waals surface area contributed by atoms with E-state index >= 15 is 0 Å². The molecule has 0 radical (unpaired) electrons. The molecule has 2 heterocycles. The van der Waals surface area contributed by atoms with E-state index in [1.807, 2.05) is 6.07 Å². The molecule has 1 fully saturated rings. The third kappa shape index (κ3) is 4.81. The fraction of sp³-hybridized carbons (Fsp3) is 0.360. The molecule has 4 rings (SSSR count). The van der Waals surface area contributed by atoms with Crippen molar-refractivity contribution in [3.63, 3.8) is 0 Å². The zero-order valence-electron chi connectivity index (χ0n) is 20.0. The number of nitrogens with zero attached hydrogens (tertiary/aromatic N) is 1. The number of nitrogens with one attached hydrogen (secondary N) is 2. The Morgan fingerprint density at radius 2 is 1.94 bits per heavy atom. The molecule has 35 heavy (non-hydrogen) atoms. The van der Waals surface area contributed by atoms with Gasteiger partial charge in [-0.2, -0.15) is 0 Å². The average molecular weight is 502 g/mol. The average Bonchev–Trinajstić information content (AvgIpc) is 3.25. The van der Waals surface area contributed by atoms with Gasteiger partial charge in [-0.3, -0.25) is 13.9 Å². The summed E-state index contributed by atoms with van der Waals surface area (Å²) in [5.41, 5.74) is 2.84. The molecule has 1 saturated heterocycles. The SMILES string of the molecule is CNC(=O)c1c(-c2ccc(F)cc2)oc2cc(N(C)S(C)=O)c(C3CNCC(C(=O)OC)C3)cc12. The minimum absolute atomic E-state index is 0.0973. The summed E-state index contributed by atoms with van der Waals surface area (Å²) >= 11 is 0. The highest BCUT2D eigenvalue weighted by Crippen LogP contribution is 2.41. The summed E-state index contributed by atoms with van der Waals surface area (Å²) in [6.45, 7) is 1.12. The van der Waals surface area contributed by atoms with Crippen LogP contribution in [0.1, 0.15) is 28.3 Å². The van der Waals surface area contributed by atoms with Gasteiger partial charge in [0.05, 0.1) is 24.3 Å². The molecule has 8 nitrogen and oxygen atoms in total. The van der Waals surface area contributed by atoms with Gasteiger partial charge < -0.3 is 19.8 Å². The maximum absolute atomic E-state index is 13.5. The standard InChI is InChI=1S/C25H28FN3O5S/c1-27-24(30)22-19-10-18(15-9-16(13-28-12-15)25(31)33-3)20(29(2)35(4)32)11-21(19)34-23(22)14-5-7-17(26)8-6-14/h5-8,10-11,15-16,28H,9,12-13H2,1-4H3,(H,27,30). The fourth-order valence-electron chi connectivity index (χ4n) is 4.57. The molecule has 2 N–H and O–H groups in total. The molecule has 10 heteroatoms. The first-order valence-electron chi connectivity index (χ1n) is 11.2. The Morgan fingerprint density at radius 1 is 1.23 bits per heavy atom. The second-order valence-corrected chi connectivity index (χ2v) is 9.93. The van der Waals surface area contributed by atoms with Crippen LogP contribution < -0.4 is 14.9 Å². The number of fused-ring (bicyclic) bond motifs is 1. The summed E-state index contributed by atoms with van der Waals surface area (Å²) in [6, 6.07) is 9.37. The summed E-state index contributed by atoms with van der Waals surface area (Å²) in [4.78, 5) is 25.2. The predicted molar refractivity (Wildman–Crippen MR) is 133 cm³/mol. The first-order valence-corrected chi connectivity index (χ1v) is 12.7. The van der Waals surface area contributed by atoms with E-state index in [1.54, 1.807) is 35.8 Å². The minimum Gasteiger partial charge on any atom is -0.469 e. The van der Waals surface area contributed by atoms with E-state index in [0.29, 0.717) is 53.1 Å². The summed E-state index contributed by atoms with van der Waals surface area (Å²) in [6.07, 6.45) is 2.12. The van der Waals surface area contributed by atoms with Gasteiger partial charge in [0.15, 0.2) is 0 Å². The van der Waals surface area contributed by atoms with Crippen molar-refractivity contribution in [2.24, 2.45) is 5.92 Å². The third-order valence-electron chi connectivity index (χ3n) is 6.45. The number of carbonyl (C=O) groups excluding carboxylic acids is 2. The number of methoxy groups -OCH3 is 1. The molecule has 1 aliphatic rings. The number of amides is 1. The van der Waals surface area contributed by atoms with Gasteiger partial charge in [0.25, 0.3) is 5.91 Å². The molecule has 3 aromatic rings. The highest BCUT2D eigenvalue weighted by Gasteiger charge is 2.32. The number of benzene rings is 2. The van der Waals surface area contributed by atoms with Crippen LogP contribution in [-0.2, 0) is 20.5 Å². The van der Waals surface area contributed by atoms with Gasteiger partial charge in [-0.05, 0) is 48.2 Å². The topological polar surface area (TPSA) is 101 Å². The molecular weight excluding hydrogens is 473 g/mol. The van der Waals surface area contributed by atoms with Crippen LogP contribution in [0, 0.1) is 11.7 Å². The molecule has 1 aliphatic heterocycles. The Balaban J connectivity index is 1.93. The maximum atomic E-state index is 13.5. The van der Waals surface area contributed by atoms with Gasteiger partial charge in [-0.15, -0.1) is 0 Å². The first-order chi connectivity index (χ1) is 16.7. The van der Waals surface area contributed by atoms with Crippen molar-refractivity contribution in [1.82, 2.24) is 10.6 Å². The van der Waals surface area contributed by atoms with Crippen molar-refractivity contribution in [3.05, 3.63) is 53.3 Å². The molecule has 2 aromatic carbocycles. The van der Waals surface area contributed by atoms with Crippen molar-refractivity contribution in [3.8, 4) is 11.3 Å². The molecule has 0 bridgehead atoms. The molecule has 0 saturated carbocycles. The van der Waals surface area contributed by atoms with Crippen LogP contribution in [0.5, 0.6) is 0 Å². The van der Waals surface area contributed by atoms with Gasteiger partial charge in [0, 0.05) is 50.5 Å². The summed E-state index contributed by atoms with van der Waals surface area (Å²) in [7, 11) is 3.30. The van der Waals surface area contributed by atoms with E-state index in [0.717, 1.165) is 5.56 Å². The number of rotatable bonds is 6. The van der Waals surface area contributed by atoms with Crippen LogP contribution in [0.25, 0.3) is 22.3 Å². The van der Waals surface area contributed by atoms with Crippen LogP contribution >= 0.6 is 0 Å². The fourth-order valence-corrected chi connectivity index (χ4v) is 5.00. The Kier molecular flexibility index (Phi) is 7.23. The first kappa shape index (κ1) is 24.9. The van der Waals surface area contributed by atoms with Gasteiger partial charge in [-0.25, -0.2) is 8.60 Å². The van der Waals surface area contributed by atoms with Gasteiger partial charge in [0.1, 0.15) is 28.1 Å². The normalized spacial score (nSPS) is 18.8. The number of piperidine rings is 1. The molecular formula is C25H28FN3O5S. The second-order valence-electron chi connectivity index (χ2n) is 8.53. The molecule has 186 valence electrons. The lowest BCUT2D eigenvalue weighted by Gasteiger charge is -2.31. The van der Waals surface area contributed by atoms with Crippen LogP contribution in [0.4, 0.5) is 10.1 Å². The van der Waals surface area contributed by atoms with E-state index in [4.69, 9.17) is 9.15 Å². The van der Waals surface area contributed by atoms with Crippen LogP contribution in [0.2, 0.25) is 0 Å². The van der Waals surface area contributed by atoms with Crippen molar-refractivity contribution in [2.45, 2.75) is 12.3 Å². The largest absolute Gasteiger partial charge is 0.469 e. The van der Waals surface area contributed by atoms with Crippen molar-refractivity contribution in [2.75, 3.05) is 44.9 Å². The van der Waals surface area contributed by atoms with Crippen LogP contribution in [-0.4, -0.2) is 56.6 Å². The van der Waals surface area contributed by atoms with Crippen LogP contribution in [0.3, 0.4) is 0 Å². The zero-order chi connectivity index (χ0) is 25.3. The number of hydrogen-bond donors (Lipinski definition) is 2. The number of hydrogen-bond acceptors (Lipinski definition) is 6. The second kappa shape index (κ2) is 10.2. The molecule has 3 unspecified atom stereocenters. The van der Waals surface area contributed by atoms with E-state index < -0.39 is 16.8 Å². The van der Waals surface area contributed by atoms with Crippen LogP contribution in [0.15, 0.2) is 40.8 Å². The number of anilines is 1. The molecule has 0 aliphatic carbocycles. The molecule has 3 atom stereocenters. The van der Waals surface area contributed by atoms with Crippen molar-refractivity contribution >= 4 is 39.5 Å². The smallest absolute Gasteiger partial charge is 0.309 e. The lowest BCUT2D eigenvalue weighted by molar-refractivity contribution is -0.146. The Hall–Kier alpha value is -3.24. The third-order valence-corrected chi connectivity index (χ3v) is 7.42. The zero-order valence-corrected chi connectivity index (χ0v) is 20.8. The number of carbonyl (C=O) groups is 2. The monoisotopic (exact) mass is 501 g/mol. The van der Waals surface area contributed by atoms with E-state index in [2.05, 4.69) is 10.6 Å². The van der Waals surface area contributed by atoms with Crippen molar-refractivity contribution in [1.29, 1.82) is 0 Å². The maximum Gasteiger partial charge on any atom is 0.309 e. The lowest BCUT2D eigenvalue weighted by atomic mass is 9.84.